The molecule has 0 saturated carbocycles. The van der Waals surface area contributed by atoms with E-state index in [2.05, 4.69) is 10.2 Å². The van der Waals surface area contributed by atoms with Gasteiger partial charge in [-0.25, -0.2) is 4.79 Å². The molecule has 0 aliphatic rings. The van der Waals surface area contributed by atoms with E-state index in [1.807, 2.05) is 5.43 Å². The van der Waals surface area contributed by atoms with E-state index in [0.29, 0.717) is 0 Å². The Morgan fingerprint density at radius 2 is 1.46 bits per heavy atom. The van der Waals surface area contributed by atoms with Crippen molar-refractivity contribution in [1.82, 2.24) is 10.7 Å². The van der Waals surface area contributed by atoms with E-state index in [0.717, 1.165) is 7.11 Å². The van der Waals surface area contributed by atoms with Crippen LogP contribution in [0.4, 0.5) is 18.9 Å². The first kappa shape index (κ1) is 19.3. The van der Waals surface area contributed by atoms with E-state index in [4.69, 9.17) is 0 Å². The number of rotatable bonds is 6. The monoisotopic (exact) mass is 367 g/mol. The van der Waals surface area contributed by atoms with Gasteiger partial charge < -0.3 is 15.5 Å². The van der Waals surface area contributed by atoms with E-state index in [9.17, 15) is 22.8 Å². The molecule has 138 valence electrons. The van der Waals surface area contributed by atoms with Crippen LogP contribution in [0, 0.1) is 0 Å². The van der Waals surface area contributed by atoms with Gasteiger partial charge in [0.05, 0.1) is 7.11 Å². The molecule has 6 nitrogen and oxygen atoms in total. The molecule has 2 aromatic carbocycles. The highest BCUT2D eigenvalue weighted by Gasteiger charge is 2.63. The summed E-state index contributed by atoms with van der Waals surface area (Å²) in [6, 6.07) is 15.0. The van der Waals surface area contributed by atoms with Gasteiger partial charge in [-0.1, -0.05) is 36.4 Å². The molecule has 0 radical (unpaired) electrons. The summed E-state index contributed by atoms with van der Waals surface area (Å²) in [4.78, 5) is 24.3. The lowest BCUT2D eigenvalue weighted by Crippen LogP contribution is -2.73. The fourth-order valence-corrected chi connectivity index (χ4v) is 2.06. The number of anilines is 1. The first-order valence-electron chi connectivity index (χ1n) is 7.41. The summed E-state index contributed by atoms with van der Waals surface area (Å²) in [5.41, 5.74) is 0.842. The molecular formula is C17H16F3N3O3. The first-order chi connectivity index (χ1) is 12.3. The van der Waals surface area contributed by atoms with Gasteiger partial charge in [0.15, 0.2) is 0 Å². The third-order valence-electron chi connectivity index (χ3n) is 3.42. The molecular weight excluding hydrogens is 351 g/mol. The Hall–Kier alpha value is -3.07. The lowest BCUT2D eigenvalue weighted by Gasteiger charge is -2.34. The van der Waals surface area contributed by atoms with Gasteiger partial charge in [0, 0.05) is 11.3 Å². The van der Waals surface area contributed by atoms with Crippen LogP contribution in [-0.4, -0.2) is 30.8 Å². The molecule has 0 heterocycles. The zero-order valence-electron chi connectivity index (χ0n) is 13.6. The van der Waals surface area contributed by atoms with Crippen molar-refractivity contribution < 1.29 is 27.5 Å². The summed E-state index contributed by atoms with van der Waals surface area (Å²) in [6.45, 7) is 0. The minimum atomic E-state index is -5.20. The van der Waals surface area contributed by atoms with Crippen LogP contribution in [0.3, 0.4) is 0 Å². The highest BCUT2D eigenvalue weighted by molar-refractivity contribution is 5.98. The van der Waals surface area contributed by atoms with Gasteiger partial charge in [0.2, 0.25) is 0 Å². The van der Waals surface area contributed by atoms with Crippen molar-refractivity contribution in [2.75, 3.05) is 12.5 Å². The van der Waals surface area contributed by atoms with Crippen LogP contribution in [0.5, 0.6) is 0 Å². The van der Waals surface area contributed by atoms with E-state index >= 15 is 0 Å². The zero-order valence-corrected chi connectivity index (χ0v) is 13.6. The number of carbonyl (C=O) groups excluding carboxylic acids is 2. The van der Waals surface area contributed by atoms with E-state index in [-0.39, 0.29) is 11.3 Å². The fourth-order valence-electron chi connectivity index (χ4n) is 2.06. The van der Waals surface area contributed by atoms with Crippen LogP contribution in [0.2, 0.25) is 0 Å². The number of hydrogen-bond donors (Lipinski definition) is 3. The SMILES string of the molecule is COC(=O)C(NNc1ccccc1)(NC(=O)c1ccccc1)C(F)(F)F. The number of alkyl halides is 3. The van der Waals surface area contributed by atoms with Crippen LogP contribution in [0.15, 0.2) is 60.7 Å². The maximum absolute atomic E-state index is 13.8. The Labute approximate surface area is 147 Å². The van der Waals surface area contributed by atoms with Gasteiger partial charge in [-0.15, -0.1) is 0 Å². The van der Waals surface area contributed by atoms with Gasteiger partial charge in [0.1, 0.15) is 0 Å². The molecule has 9 heteroatoms. The molecule has 3 N–H and O–H groups in total. The van der Waals surface area contributed by atoms with E-state index in [1.165, 1.54) is 36.4 Å². The second-order valence-corrected chi connectivity index (χ2v) is 5.18. The Balaban J connectivity index is 2.36. The van der Waals surface area contributed by atoms with E-state index < -0.39 is 23.7 Å². The first-order valence-corrected chi connectivity index (χ1v) is 7.41. The van der Waals surface area contributed by atoms with Crippen molar-refractivity contribution in [3.8, 4) is 0 Å². The highest BCUT2D eigenvalue weighted by atomic mass is 19.4. The summed E-state index contributed by atoms with van der Waals surface area (Å²) in [6.07, 6.45) is -5.20. The minimum Gasteiger partial charge on any atom is -0.466 e. The summed E-state index contributed by atoms with van der Waals surface area (Å²) in [5.74, 6) is -2.83. The van der Waals surface area contributed by atoms with Gasteiger partial charge in [-0.05, 0) is 24.3 Å². The topological polar surface area (TPSA) is 79.5 Å². The van der Waals surface area contributed by atoms with Crippen LogP contribution >= 0.6 is 0 Å². The Morgan fingerprint density at radius 3 is 1.96 bits per heavy atom. The predicted octanol–water partition coefficient (Wildman–Crippen LogP) is 2.46. The Morgan fingerprint density at radius 1 is 0.923 bits per heavy atom. The molecule has 0 aliphatic carbocycles. The fraction of sp³-hybridized carbons (Fsp3) is 0.176. The van der Waals surface area contributed by atoms with Gasteiger partial charge in [-0.2, -0.15) is 18.6 Å². The van der Waals surface area contributed by atoms with Crippen LogP contribution in [0.1, 0.15) is 10.4 Å². The molecule has 26 heavy (non-hydrogen) atoms. The number of ether oxygens (including phenoxy) is 1. The Kier molecular flexibility index (Phi) is 5.83. The number of para-hydroxylation sites is 1. The second kappa shape index (κ2) is 7.87. The molecule has 2 rings (SSSR count). The molecule has 1 atom stereocenters. The van der Waals surface area contributed by atoms with Crippen molar-refractivity contribution >= 4 is 17.6 Å². The van der Waals surface area contributed by atoms with Crippen molar-refractivity contribution in [3.63, 3.8) is 0 Å². The maximum Gasteiger partial charge on any atom is 0.438 e. The van der Waals surface area contributed by atoms with Crippen molar-refractivity contribution in [1.29, 1.82) is 0 Å². The predicted molar refractivity (Wildman–Crippen MR) is 87.9 cm³/mol. The standard InChI is InChI=1S/C17H16F3N3O3/c1-26-15(25)16(17(18,19)20,23-22-13-10-6-3-7-11-13)21-14(24)12-8-4-2-5-9-12/h2-11,22-23H,1H3,(H,21,24). The molecule has 0 bridgehead atoms. The van der Waals surface area contributed by atoms with Crippen LogP contribution in [-0.2, 0) is 9.53 Å². The number of hydrogen-bond acceptors (Lipinski definition) is 5. The quantitative estimate of drug-likeness (QED) is 0.415. The third-order valence-corrected chi connectivity index (χ3v) is 3.42. The largest absolute Gasteiger partial charge is 0.466 e. The summed E-state index contributed by atoms with van der Waals surface area (Å²) in [7, 11) is 0.793. The number of hydrazine groups is 1. The molecule has 1 amide bonds. The lowest BCUT2D eigenvalue weighted by atomic mass is 10.1. The number of amides is 1. The van der Waals surface area contributed by atoms with Crippen LogP contribution in [0.25, 0.3) is 0 Å². The lowest BCUT2D eigenvalue weighted by molar-refractivity contribution is -0.215. The van der Waals surface area contributed by atoms with Gasteiger partial charge in [-0.3, -0.25) is 4.79 Å². The summed E-state index contributed by atoms with van der Waals surface area (Å²) < 4.78 is 45.6. The average Bonchev–Trinajstić information content (AvgIpc) is 2.64. The number of halogens is 3. The Bertz CT molecular complexity index is 754. The smallest absolute Gasteiger partial charge is 0.438 e. The number of benzene rings is 2. The molecule has 0 aliphatic heterocycles. The number of esters is 1. The molecule has 1 unspecified atom stereocenters. The van der Waals surface area contributed by atoms with Gasteiger partial charge >= 0.3 is 17.8 Å². The second-order valence-electron chi connectivity index (χ2n) is 5.18. The summed E-state index contributed by atoms with van der Waals surface area (Å²) >= 11 is 0. The summed E-state index contributed by atoms with van der Waals surface area (Å²) in [5, 5.41) is 1.70. The number of nitrogens with one attached hydrogen (secondary N) is 3. The molecule has 0 saturated heterocycles. The molecule has 0 fully saturated rings. The van der Waals surface area contributed by atoms with Crippen molar-refractivity contribution in [3.05, 3.63) is 66.2 Å². The normalized spacial score (nSPS) is 13.4. The highest BCUT2D eigenvalue weighted by Crippen LogP contribution is 2.30. The average molecular weight is 367 g/mol. The van der Waals surface area contributed by atoms with Crippen molar-refractivity contribution in [2.24, 2.45) is 0 Å². The third kappa shape index (κ3) is 4.12. The zero-order chi connectivity index (χ0) is 19.2. The molecule has 2 aromatic rings. The van der Waals surface area contributed by atoms with Gasteiger partial charge in [0.25, 0.3) is 5.91 Å². The molecule has 0 aromatic heterocycles. The number of methoxy groups -OCH3 is 1. The van der Waals surface area contributed by atoms with Crippen LogP contribution < -0.4 is 16.2 Å². The van der Waals surface area contributed by atoms with Crippen molar-refractivity contribution in [2.45, 2.75) is 11.8 Å². The maximum atomic E-state index is 13.8. The molecule has 0 spiro atoms. The van der Waals surface area contributed by atoms with E-state index in [1.54, 1.807) is 29.6 Å². The minimum absolute atomic E-state index is 0.0495. The number of carbonyl (C=O) groups is 2.